The van der Waals surface area contributed by atoms with E-state index in [9.17, 15) is 64.5 Å². The van der Waals surface area contributed by atoms with E-state index in [1.165, 1.54) is 6.92 Å². The normalized spacial score (nSPS) is 34.3. The van der Waals surface area contributed by atoms with E-state index < -0.39 is 159 Å². The van der Waals surface area contributed by atoms with Gasteiger partial charge in [-0.1, -0.05) is 44.2 Å². The van der Waals surface area contributed by atoms with Crippen molar-refractivity contribution in [1.82, 2.24) is 42.1 Å². The summed E-state index contributed by atoms with van der Waals surface area (Å²) >= 11 is 0. The molecule has 5 rings (SSSR count). The Morgan fingerprint density at radius 2 is 1.35 bits per heavy atom. The number of aliphatic hydroxyl groups is 7. The van der Waals surface area contributed by atoms with Crippen molar-refractivity contribution in [3.8, 4) is 0 Å². The molecule has 18 N–H and O–H groups in total. The number of carbonyl (C=O) groups is 6. The lowest BCUT2D eigenvalue weighted by atomic mass is 9.92. The standard InChI is InChI=1S/C37H56N12O14/c1-3-16-31(59)47-23(25(53)17-9-41-36(38)45-17)34(62)48-24(26(54)19-10-42-37(39)49(19)35-29(57)28(56)27(55)20(13-51)63-35)33(61)44-18(12-50)30(58)40-11-21(52)46-22(32(60)43-16)14(2)15-7-5-4-6-8-15/h4-8,14,16-20,22-29,35,50-51,53-57H,3,9-13H2,1-2H3,(H2,39,42)(H,40,58)(H,43,60)(H,44,61)(H,46,52)(H,47,59)(H,48,62)(H3,38,41,45). The maximum Gasteiger partial charge on any atom is 0.246 e. The van der Waals surface area contributed by atoms with Crippen LogP contribution in [0.1, 0.15) is 31.7 Å². The molecule has 6 amide bonds. The smallest absolute Gasteiger partial charge is 0.246 e. The van der Waals surface area contributed by atoms with Crippen LogP contribution in [0.5, 0.6) is 0 Å². The molecular weight excluding hydrogens is 836 g/mol. The van der Waals surface area contributed by atoms with Gasteiger partial charge in [-0.25, -0.2) is 0 Å². The summed E-state index contributed by atoms with van der Waals surface area (Å²) in [6, 6.07) is -2.85. The number of benzene rings is 1. The monoisotopic (exact) mass is 892 g/mol. The minimum atomic E-state index is -2.20. The van der Waals surface area contributed by atoms with Crippen LogP contribution in [0.3, 0.4) is 0 Å². The number of carbonyl (C=O) groups excluding carboxylic acids is 6. The molecule has 26 heteroatoms. The summed E-state index contributed by atoms with van der Waals surface area (Å²) < 4.78 is 5.63. The van der Waals surface area contributed by atoms with Crippen molar-refractivity contribution >= 4 is 47.4 Å². The minimum Gasteiger partial charge on any atom is -0.394 e. The number of nitrogens with two attached hydrogens (primary N) is 2. The number of amides is 6. The summed E-state index contributed by atoms with van der Waals surface area (Å²) in [5.41, 5.74) is 12.5. The Bertz CT molecular complexity index is 1890. The Morgan fingerprint density at radius 3 is 1.97 bits per heavy atom. The van der Waals surface area contributed by atoms with E-state index in [-0.39, 0.29) is 18.9 Å². The number of aliphatic imine (C=N–C) groups is 2. The van der Waals surface area contributed by atoms with Gasteiger partial charge < -0.3 is 94.1 Å². The highest BCUT2D eigenvalue weighted by Crippen LogP contribution is 2.29. The second kappa shape index (κ2) is 21.1. The van der Waals surface area contributed by atoms with E-state index in [0.29, 0.717) is 5.56 Å². The SMILES string of the molecule is CCC1NC(=O)C(C(C)c2ccccc2)NC(=O)CNC(=O)C(CO)NC(=O)C(C(O)C2CN=C(N)N2C2OC(CO)C(O)C(O)C2O)NC(=O)C(C(O)C2CN=C(N)N2)NC1=O. The second-order valence-corrected chi connectivity index (χ2v) is 15.5. The molecule has 1 aromatic rings. The Kier molecular flexibility index (Phi) is 16.2. The largest absolute Gasteiger partial charge is 0.394 e. The van der Waals surface area contributed by atoms with Crippen molar-refractivity contribution in [3.63, 3.8) is 0 Å². The lowest BCUT2D eigenvalue weighted by Gasteiger charge is -2.46. The van der Waals surface area contributed by atoms with E-state index in [4.69, 9.17) is 16.2 Å². The van der Waals surface area contributed by atoms with Crippen LogP contribution in [0.15, 0.2) is 40.3 Å². The van der Waals surface area contributed by atoms with E-state index in [1.807, 2.05) is 0 Å². The van der Waals surface area contributed by atoms with E-state index in [2.05, 4.69) is 47.2 Å². The van der Waals surface area contributed by atoms with Crippen LogP contribution in [0.2, 0.25) is 0 Å². The zero-order valence-electron chi connectivity index (χ0n) is 34.3. The molecule has 0 radical (unpaired) electrons. The fourth-order valence-electron chi connectivity index (χ4n) is 7.62. The number of aliphatic hydroxyl groups excluding tert-OH is 7. The van der Waals surface area contributed by atoms with E-state index in [1.54, 1.807) is 37.3 Å². The zero-order valence-corrected chi connectivity index (χ0v) is 34.3. The molecule has 2 fully saturated rings. The predicted octanol–water partition coefficient (Wildman–Crippen LogP) is -9.45. The number of hydrogen-bond acceptors (Lipinski definition) is 20. The van der Waals surface area contributed by atoms with Gasteiger partial charge in [0.2, 0.25) is 35.4 Å². The van der Waals surface area contributed by atoms with Gasteiger partial charge in [0.15, 0.2) is 18.1 Å². The minimum absolute atomic E-state index is 0.0840. The van der Waals surface area contributed by atoms with Gasteiger partial charge in [-0.2, -0.15) is 0 Å². The summed E-state index contributed by atoms with van der Waals surface area (Å²) in [4.78, 5) is 92.2. The van der Waals surface area contributed by atoms with Gasteiger partial charge in [-0.15, -0.1) is 0 Å². The first kappa shape index (κ1) is 48.3. The molecule has 0 aliphatic carbocycles. The highest BCUT2D eigenvalue weighted by Gasteiger charge is 2.52. The maximum atomic E-state index is 14.4. The lowest BCUT2D eigenvalue weighted by molar-refractivity contribution is -0.260. The highest BCUT2D eigenvalue weighted by atomic mass is 16.6. The summed E-state index contributed by atoms with van der Waals surface area (Å²) in [6.45, 7) is -0.185. The number of rotatable bonds is 10. The molecule has 0 saturated carbocycles. The molecule has 15 atom stereocenters. The fraction of sp³-hybridized carbons (Fsp3) is 0.622. The maximum absolute atomic E-state index is 14.4. The Hall–Kier alpha value is -5.74. The quantitative estimate of drug-likeness (QED) is 0.104. The van der Waals surface area contributed by atoms with Crippen LogP contribution in [0.25, 0.3) is 0 Å². The molecule has 26 nitrogen and oxygen atoms in total. The molecule has 1 aromatic carbocycles. The van der Waals surface area contributed by atoms with E-state index >= 15 is 0 Å². The third-order valence-electron chi connectivity index (χ3n) is 11.3. The molecule has 4 aliphatic rings. The number of ether oxygens (including phenoxy) is 1. The average molecular weight is 893 g/mol. The van der Waals surface area contributed by atoms with Crippen LogP contribution >= 0.6 is 0 Å². The second-order valence-electron chi connectivity index (χ2n) is 15.5. The number of hydrogen-bond donors (Lipinski definition) is 16. The third-order valence-corrected chi connectivity index (χ3v) is 11.3. The third kappa shape index (κ3) is 10.9. The average Bonchev–Trinajstić information content (AvgIpc) is 3.89. The zero-order chi connectivity index (χ0) is 46.3. The van der Waals surface area contributed by atoms with Crippen LogP contribution in [-0.4, -0.2) is 206 Å². The Morgan fingerprint density at radius 1 is 0.730 bits per heavy atom. The molecule has 0 bridgehead atoms. The summed E-state index contributed by atoms with van der Waals surface area (Å²) in [6.07, 6.45) is -13.0. The van der Waals surface area contributed by atoms with Gasteiger partial charge >= 0.3 is 0 Å². The first-order chi connectivity index (χ1) is 29.9. The molecule has 4 heterocycles. The number of guanidine groups is 2. The van der Waals surface area contributed by atoms with Crippen molar-refractivity contribution < 1.29 is 69.2 Å². The van der Waals surface area contributed by atoms with Gasteiger partial charge in [0.05, 0.1) is 44.9 Å². The summed E-state index contributed by atoms with van der Waals surface area (Å²) in [5.74, 6) is -7.74. The molecular formula is C37H56N12O14. The summed E-state index contributed by atoms with van der Waals surface area (Å²) in [7, 11) is 0. The molecule has 2 saturated heterocycles. The predicted molar refractivity (Wildman–Crippen MR) is 216 cm³/mol. The van der Waals surface area contributed by atoms with Gasteiger partial charge in [0.25, 0.3) is 0 Å². The van der Waals surface area contributed by atoms with Crippen molar-refractivity contribution in [2.75, 3.05) is 32.8 Å². The van der Waals surface area contributed by atoms with E-state index in [0.717, 1.165) is 4.90 Å². The Labute approximate surface area is 359 Å². The van der Waals surface area contributed by atoms with Gasteiger partial charge in [-0.05, 0) is 12.0 Å². The Balaban J connectivity index is 1.53. The van der Waals surface area contributed by atoms with Crippen LogP contribution in [-0.2, 0) is 33.5 Å². The lowest BCUT2D eigenvalue weighted by Crippen LogP contribution is -2.70. The fourth-order valence-corrected chi connectivity index (χ4v) is 7.62. The molecule has 15 unspecified atom stereocenters. The highest BCUT2D eigenvalue weighted by molar-refractivity contribution is 5.98. The number of nitrogens with zero attached hydrogens (tertiary/aromatic N) is 3. The van der Waals surface area contributed by atoms with Crippen molar-refractivity contribution in [1.29, 1.82) is 0 Å². The van der Waals surface area contributed by atoms with Crippen LogP contribution in [0, 0.1) is 0 Å². The molecule has 348 valence electrons. The molecule has 0 aromatic heterocycles. The first-order valence-corrected chi connectivity index (χ1v) is 20.2. The van der Waals surface area contributed by atoms with Crippen LogP contribution in [0.4, 0.5) is 0 Å². The molecule has 63 heavy (non-hydrogen) atoms. The topological polar surface area (TPSA) is 417 Å². The summed E-state index contributed by atoms with van der Waals surface area (Å²) in [5, 5.41) is 92.4. The van der Waals surface area contributed by atoms with Crippen LogP contribution < -0.4 is 48.7 Å². The van der Waals surface area contributed by atoms with Crippen molar-refractivity contribution in [2.45, 2.75) is 111 Å². The van der Waals surface area contributed by atoms with Gasteiger partial charge in [0.1, 0.15) is 66.8 Å². The molecule has 0 spiro atoms. The van der Waals surface area contributed by atoms with Gasteiger partial charge in [0, 0.05) is 5.92 Å². The number of nitrogens with one attached hydrogen (secondary N) is 7. The van der Waals surface area contributed by atoms with Crippen molar-refractivity contribution in [3.05, 3.63) is 35.9 Å². The first-order valence-electron chi connectivity index (χ1n) is 20.2. The van der Waals surface area contributed by atoms with Crippen molar-refractivity contribution in [2.24, 2.45) is 21.5 Å². The molecule has 4 aliphatic heterocycles. The van der Waals surface area contributed by atoms with Gasteiger partial charge in [-0.3, -0.25) is 38.8 Å².